The topological polar surface area (TPSA) is 96.4 Å². The molecule has 8 heteroatoms. The Morgan fingerprint density at radius 3 is 2.62 bits per heavy atom. The van der Waals surface area contributed by atoms with Crippen LogP contribution in [0.4, 0.5) is 0 Å². The van der Waals surface area contributed by atoms with Crippen molar-refractivity contribution in [2.75, 3.05) is 32.8 Å². The Morgan fingerprint density at radius 2 is 1.95 bits per heavy atom. The lowest BCUT2D eigenvalue weighted by atomic mass is 9.66. The van der Waals surface area contributed by atoms with E-state index in [1.54, 1.807) is 15.9 Å². The summed E-state index contributed by atoms with van der Waals surface area (Å²) in [5.74, 6) is -2.17. The van der Waals surface area contributed by atoms with Gasteiger partial charge in [0.25, 0.3) is 0 Å². The van der Waals surface area contributed by atoms with Crippen LogP contribution in [0, 0.1) is 11.8 Å². The molecule has 0 saturated carbocycles. The Hall–Kier alpha value is -2.19. The zero-order valence-electron chi connectivity index (χ0n) is 22.8. The Labute approximate surface area is 222 Å². The summed E-state index contributed by atoms with van der Waals surface area (Å²) in [5.41, 5.74) is -1.86. The van der Waals surface area contributed by atoms with Gasteiger partial charge in [0.15, 0.2) is 0 Å². The molecule has 0 aromatic heterocycles. The standard InChI is InChI=1S/C29H46N2O6/c1-5-8-10-14-21-36-27(35)23-22-25(33)31(19-12-11-13-20-32)24(29(22)16-15-28(23,4)37-29)26(34)30(17-7-3)18-9-6-2/h5,7,22-24,32H,1,3,6,8-21H2,2,4H3/t22-,23-,24?,28+,29?/m0/s1. The fraction of sp³-hybridized carbons (Fsp3) is 0.759. The molecule has 1 spiro atoms. The molecule has 3 rings (SSSR count). The summed E-state index contributed by atoms with van der Waals surface area (Å²) in [7, 11) is 0. The second-order valence-electron chi connectivity index (χ2n) is 10.9. The molecule has 2 unspecified atom stereocenters. The van der Waals surface area contributed by atoms with Crippen molar-refractivity contribution in [2.24, 2.45) is 11.8 Å². The molecule has 208 valence electrons. The first-order valence-corrected chi connectivity index (χ1v) is 14.1. The third-order valence-electron chi connectivity index (χ3n) is 8.31. The molecule has 3 aliphatic heterocycles. The molecule has 8 nitrogen and oxygen atoms in total. The highest BCUT2D eigenvalue weighted by Crippen LogP contribution is 2.63. The number of carbonyl (C=O) groups is 3. The zero-order valence-corrected chi connectivity index (χ0v) is 22.8. The second-order valence-corrected chi connectivity index (χ2v) is 10.9. The van der Waals surface area contributed by atoms with Crippen LogP contribution in [0.15, 0.2) is 25.3 Å². The van der Waals surface area contributed by atoms with Crippen LogP contribution in [0.1, 0.15) is 78.1 Å². The minimum atomic E-state index is -1.03. The summed E-state index contributed by atoms with van der Waals surface area (Å²) in [6.07, 6.45) is 11.1. The molecule has 0 aromatic rings. The van der Waals surface area contributed by atoms with Gasteiger partial charge in [-0.25, -0.2) is 0 Å². The Balaban J connectivity index is 1.90. The van der Waals surface area contributed by atoms with Gasteiger partial charge in [-0.15, -0.1) is 13.2 Å². The summed E-state index contributed by atoms with van der Waals surface area (Å²) < 4.78 is 12.3. The summed E-state index contributed by atoms with van der Waals surface area (Å²) in [5, 5.41) is 9.20. The molecule has 3 aliphatic rings. The van der Waals surface area contributed by atoms with Crippen LogP contribution in [0.3, 0.4) is 0 Å². The van der Waals surface area contributed by atoms with Crippen molar-refractivity contribution in [1.29, 1.82) is 0 Å². The van der Waals surface area contributed by atoms with Gasteiger partial charge < -0.3 is 24.4 Å². The van der Waals surface area contributed by atoms with Crippen LogP contribution >= 0.6 is 0 Å². The molecule has 5 atom stereocenters. The highest BCUT2D eigenvalue weighted by molar-refractivity contribution is 5.98. The van der Waals surface area contributed by atoms with Crippen molar-refractivity contribution < 1.29 is 29.0 Å². The van der Waals surface area contributed by atoms with E-state index in [4.69, 9.17) is 9.47 Å². The molecule has 0 aromatic carbocycles. The van der Waals surface area contributed by atoms with Gasteiger partial charge in [-0.1, -0.05) is 25.5 Å². The zero-order chi connectivity index (χ0) is 27.1. The van der Waals surface area contributed by atoms with E-state index in [9.17, 15) is 19.5 Å². The van der Waals surface area contributed by atoms with E-state index in [0.29, 0.717) is 51.9 Å². The molecule has 0 aliphatic carbocycles. The van der Waals surface area contributed by atoms with E-state index in [1.807, 2.05) is 13.0 Å². The summed E-state index contributed by atoms with van der Waals surface area (Å²) in [4.78, 5) is 44.9. The van der Waals surface area contributed by atoms with E-state index in [2.05, 4.69) is 20.1 Å². The predicted molar refractivity (Wildman–Crippen MR) is 142 cm³/mol. The van der Waals surface area contributed by atoms with Gasteiger partial charge in [0.2, 0.25) is 11.8 Å². The number of amides is 2. The number of fused-ring (bicyclic) bond motifs is 1. The van der Waals surface area contributed by atoms with E-state index in [-0.39, 0.29) is 18.4 Å². The number of likely N-dealkylation sites (tertiary alicyclic amines) is 1. The lowest BCUT2D eigenvalue weighted by Gasteiger charge is -2.37. The first-order chi connectivity index (χ1) is 17.8. The number of esters is 1. The number of rotatable bonds is 17. The normalized spacial score (nSPS) is 29.9. The van der Waals surface area contributed by atoms with E-state index >= 15 is 0 Å². The van der Waals surface area contributed by atoms with Gasteiger partial charge >= 0.3 is 5.97 Å². The van der Waals surface area contributed by atoms with Gasteiger partial charge in [0.05, 0.1) is 18.1 Å². The smallest absolute Gasteiger partial charge is 0.312 e. The first-order valence-electron chi connectivity index (χ1n) is 14.1. The Kier molecular flexibility index (Phi) is 10.4. The number of unbranched alkanes of at least 4 members (excludes halogenated alkanes) is 5. The van der Waals surface area contributed by atoms with Gasteiger partial charge in [-0.05, 0) is 64.7 Å². The summed E-state index contributed by atoms with van der Waals surface area (Å²) in [6, 6.07) is -0.775. The number of aliphatic hydroxyl groups is 1. The van der Waals surface area contributed by atoms with E-state index < -0.39 is 35.0 Å². The molecule has 37 heavy (non-hydrogen) atoms. The van der Waals surface area contributed by atoms with Crippen LogP contribution in [0.2, 0.25) is 0 Å². The van der Waals surface area contributed by atoms with Crippen LogP contribution < -0.4 is 0 Å². The van der Waals surface area contributed by atoms with Gasteiger partial charge in [-0.2, -0.15) is 0 Å². The molecule has 2 amide bonds. The SMILES string of the molecule is C=CCCCCOC(=O)[C@@H]1[C@H]2C(=O)N(CCCCCO)C(C(=O)N(CC=C)CCCC)C23CC[C@@]1(C)O3. The third kappa shape index (κ3) is 5.80. The number of carbonyl (C=O) groups excluding carboxylic acids is 3. The quantitative estimate of drug-likeness (QED) is 0.179. The molecular formula is C29H46N2O6. The molecule has 1 N–H and O–H groups in total. The summed E-state index contributed by atoms with van der Waals surface area (Å²) >= 11 is 0. The van der Waals surface area contributed by atoms with Crippen molar-refractivity contribution >= 4 is 17.8 Å². The lowest BCUT2D eigenvalue weighted by molar-refractivity contribution is -0.160. The fourth-order valence-electron chi connectivity index (χ4n) is 6.50. The first kappa shape index (κ1) is 29.4. The van der Waals surface area contributed by atoms with E-state index in [0.717, 1.165) is 38.5 Å². The maximum absolute atomic E-state index is 14.1. The second kappa shape index (κ2) is 13.1. The largest absolute Gasteiger partial charge is 0.465 e. The molecule has 2 bridgehead atoms. The van der Waals surface area contributed by atoms with Crippen LogP contribution in [-0.2, 0) is 23.9 Å². The van der Waals surface area contributed by atoms with Gasteiger partial charge in [-0.3, -0.25) is 14.4 Å². The maximum atomic E-state index is 14.1. The Morgan fingerprint density at radius 1 is 1.16 bits per heavy atom. The number of aliphatic hydroxyl groups excluding tert-OH is 1. The lowest BCUT2D eigenvalue weighted by Crippen LogP contribution is -2.56. The van der Waals surface area contributed by atoms with Gasteiger partial charge in [0, 0.05) is 26.2 Å². The van der Waals surface area contributed by atoms with E-state index in [1.165, 1.54) is 0 Å². The van der Waals surface area contributed by atoms with Crippen LogP contribution in [-0.4, -0.2) is 82.8 Å². The van der Waals surface area contributed by atoms with Crippen molar-refractivity contribution in [1.82, 2.24) is 9.80 Å². The van der Waals surface area contributed by atoms with Crippen molar-refractivity contribution in [3.8, 4) is 0 Å². The van der Waals surface area contributed by atoms with Crippen molar-refractivity contribution in [2.45, 2.75) is 95.3 Å². The monoisotopic (exact) mass is 518 g/mol. The molecule has 3 fully saturated rings. The third-order valence-corrected chi connectivity index (χ3v) is 8.31. The molecular weight excluding hydrogens is 472 g/mol. The van der Waals surface area contributed by atoms with Crippen molar-refractivity contribution in [3.63, 3.8) is 0 Å². The minimum Gasteiger partial charge on any atom is -0.465 e. The number of allylic oxidation sites excluding steroid dienone is 1. The number of hydrogen-bond donors (Lipinski definition) is 1. The number of hydrogen-bond acceptors (Lipinski definition) is 6. The Bertz CT molecular complexity index is 846. The number of ether oxygens (including phenoxy) is 2. The fourth-order valence-corrected chi connectivity index (χ4v) is 6.50. The molecule has 0 radical (unpaired) electrons. The van der Waals surface area contributed by atoms with Crippen LogP contribution in [0.5, 0.6) is 0 Å². The molecule has 3 saturated heterocycles. The minimum absolute atomic E-state index is 0.0924. The van der Waals surface area contributed by atoms with Crippen LogP contribution in [0.25, 0.3) is 0 Å². The van der Waals surface area contributed by atoms with Gasteiger partial charge in [0.1, 0.15) is 17.6 Å². The molecule has 3 heterocycles. The summed E-state index contributed by atoms with van der Waals surface area (Å²) in [6.45, 7) is 13.3. The average molecular weight is 519 g/mol. The highest BCUT2D eigenvalue weighted by Gasteiger charge is 2.78. The average Bonchev–Trinajstić information content (AvgIpc) is 3.44. The highest BCUT2D eigenvalue weighted by atomic mass is 16.6. The predicted octanol–water partition coefficient (Wildman–Crippen LogP) is 3.63. The van der Waals surface area contributed by atoms with Crippen molar-refractivity contribution in [3.05, 3.63) is 25.3 Å². The number of nitrogens with zero attached hydrogens (tertiary/aromatic N) is 2. The maximum Gasteiger partial charge on any atom is 0.312 e.